The Morgan fingerprint density at radius 2 is 0.711 bits per heavy atom. The molecule has 38 heavy (non-hydrogen) atoms. The van der Waals surface area contributed by atoms with E-state index < -0.39 is 34.1 Å². The molecule has 0 heterocycles. The maximum atomic E-state index is 11.4. The molecule has 0 amide bonds. The topological polar surface area (TPSA) is 105 Å². The Bertz CT molecular complexity index is 1130. The SMILES string of the molecule is O=[N+]([O-])CCOC(c1ccccc1)(c1ccccc1)C(OCC[N+](=O)[O-])(c1ccccc1)c1ccccc1. The van der Waals surface area contributed by atoms with Crippen molar-refractivity contribution in [3.63, 3.8) is 0 Å². The third kappa shape index (κ3) is 5.32. The van der Waals surface area contributed by atoms with Crippen LogP contribution in [-0.2, 0) is 20.7 Å². The number of ether oxygens (including phenoxy) is 2. The van der Waals surface area contributed by atoms with Gasteiger partial charge in [-0.3, -0.25) is 20.2 Å². The van der Waals surface area contributed by atoms with Gasteiger partial charge >= 0.3 is 0 Å². The smallest absolute Gasteiger partial charge is 0.226 e. The van der Waals surface area contributed by atoms with Crippen molar-refractivity contribution in [2.75, 3.05) is 26.3 Å². The summed E-state index contributed by atoms with van der Waals surface area (Å²) >= 11 is 0. The lowest BCUT2D eigenvalue weighted by atomic mass is 9.65. The maximum absolute atomic E-state index is 11.4. The molecule has 0 N–H and O–H groups in total. The third-order valence-corrected chi connectivity index (χ3v) is 6.40. The molecule has 0 aromatic heterocycles. The first-order valence-corrected chi connectivity index (χ1v) is 12.2. The van der Waals surface area contributed by atoms with Gasteiger partial charge in [-0.05, 0) is 22.3 Å². The van der Waals surface area contributed by atoms with Gasteiger partial charge in [0.1, 0.15) is 13.2 Å². The van der Waals surface area contributed by atoms with Gasteiger partial charge < -0.3 is 9.47 Å². The standard InChI is InChI=1S/C30H28N2O6/c33-31(34)21-23-37-29(25-13-5-1-6-14-25,26-15-7-2-8-16-26)30(38-24-22-32(35)36,27-17-9-3-10-18-27)28-19-11-4-12-20-28/h1-20H,21-24H2. The van der Waals surface area contributed by atoms with Crippen LogP contribution < -0.4 is 0 Å². The Kier molecular flexibility index (Phi) is 8.58. The van der Waals surface area contributed by atoms with Gasteiger partial charge in [0.2, 0.25) is 13.1 Å². The van der Waals surface area contributed by atoms with Gasteiger partial charge in [-0.25, -0.2) is 0 Å². The van der Waals surface area contributed by atoms with Crippen LogP contribution in [0.1, 0.15) is 22.3 Å². The summed E-state index contributed by atoms with van der Waals surface area (Å²) in [6, 6.07) is 37.5. The van der Waals surface area contributed by atoms with Crippen molar-refractivity contribution in [2.45, 2.75) is 11.2 Å². The molecule has 0 saturated carbocycles. The largest absolute Gasteiger partial charge is 0.355 e. The van der Waals surface area contributed by atoms with E-state index in [2.05, 4.69) is 0 Å². The summed E-state index contributed by atoms with van der Waals surface area (Å²) in [7, 11) is 0. The lowest BCUT2D eigenvalue weighted by Gasteiger charge is -2.51. The Morgan fingerprint density at radius 1 is 0.474 bits per heavy atom. The first-order chi connectivity index (χ1) is 18.5. The number of rotatable bonds is 13. The minimum absolute atomic E-state index is 0.225. The maximum Gasteiger partial charge on any atom is 0.226 e. The van der Waals surface area contributed by atoms with E-state index in [4.69, 9.17) is 9.47 Å². The molecule has 4 aromatic rings. The van der Waals surface area contributed by atoms with Crippen LogP contribution in [0, 0.1) is 20.2 Å². The van der Waals surface area contributed by atoms with Crippen molar-refractivity contribution in [1.29, 1.82) is 0 Å². The minimum Gasteiger partial charge on any atom is -0.355 e. The normalized spacial score (nSPS) is 11.7. The van der Waals surface area contributed by atoms with Crippen LogP contribution >= 0.6 is 0 Å². The molecule has 0 bridgehead atoms. The molecule has 0 atom stereocenters. The molecule has 4 rings (SSSR count). The zero-order valence-electron chi connectivity index (χ0n) is 20.7. The molecule has 0 aliphatic heterocycles. The Labute approximate surface area is 220 Å². The monoisotopic (exact) mass is 512 g/mol. The van der Waals surface area contributed by atoms with E-state index in [-0.39, 0.29) is 13.2 Å². The fourth-order valence-electron chi connectivity index (χ4n) is 4.92. The molecule has 194 valence electrons. The molecule has 8 nitrogen and oxygen atoms in total. The van der Waals surface area contributed by atoms with E-state index in [0.29, 0.717) is 22.3 Å². The number of nitro groups is 2. The fraction of sp³-hybridized carbons (Fsp3) is 0.200. The van der Waals surface area contributed by atoms with Crippen molar-refractivity contribution in [1.82, 2.24) is 0 Å². The van der Waals surface area contributed by atoms with Crippen molar-refractivity contribution in [3.05, 3.63) is 164 Å². The van der Waals surface area contributed by atoms with Gasteiger partial charge in [0, 0.05) is 9.85 Å². The Morgan fingerprint density at radius 3 is 0.921 bits per heavy atom. The van der Waals surface area contributed by atoms with Gasteiger partial charge in [0.15, 0.2) is 11.2 Å². The molecule has 0 radical (unpaired) electrons. The predicted molar refractivity (Wildman–Crippen MR) is 143 cm³/mol. The van der Waals surface area contributed by atoms with Crippen LogP contribution in [0.3, 0.4) is 0 Å². The van der Waals surface area contributed by atoms with Gasteiger partial charge in [-0.15, -0.1) is 0 Å². The highest BCUT2D eigenvalue weighted by atomic mass is 16.6. The molecule has 0 aliphatic rings. The Balaban J connectivity index is 2.14. The van der Waals surface area contributed by atoms with E-state index in [1.807, 2.05) is 121 Å². The van der Waals surface area contributed by atoms with Crippen LogP contribution in [0.15, 0.2) is 121 Å². The van der Waals surface area contributed by atoms with Crippen molar-refractivity contribution >= 4 is 0 Å². The second kappa shape index (κ2) is 12.2. The van der Waals surface area contributed by atoms with Gasteiger partial charge in [-0.1, -0.05) is 121 Å². The highest BCUT2D eigenvalue weighted by Gasteiger charge is 2.58. The fourth-order valence-corrected chi connectivity index (χ4v) is 4.92. The first-order valence-electron chi connectivity index (χ1n) is 12.2. The van der Waals surface area contributed by atoms with E-state index >= 15 is 0 Å². The lowest BCUT2D eigenvalue weighted by Crippen LogP contribution is -2.55. The molecule has 8 heteroatoms. The molecular weight excluding hydrogens is 484 g/mol. The third-order valence-electron chi connectivity index (χ3n) is 6.40. The van der Waals surface area contributed by atoms with E-state index in [1.165, 1.54) is 0 Å². The number of nitrogens with zero attached hydrogens (tertiary/aromatic N) is 2. The first kappa shape index (κ1) is 26.7. The van der Waals surface area contributed by atoms with Crippen LogP contribution in [0.25, 0.3) is 0 Å². The van der Waals surface area contributed by atoms with Crippen molar-refractivity contribution in [2.24, 2.45) is 0 Å². The second-order valence-electron chi connectivity index (χ2n) is 8.64. The number of benzene rings is 4. The van der Waals surface area contributed by atoms with E-state index in [1.54, 1.807) is 0 Å². The second-order valence-corrected chi connectivity index (χ2v) is 8.64. The molecule has 0 unspecified atom stereocenters. The number of hydrogen-bond acceptors (Lipinski definition) is 6. The molecule has 4 aromatic carbocycles. The van der Waals surface area contributed by atoms with Gasteiger partial charge in [0.05, 0.1) is 0 Å². The van der Waals surface area contributed by atoms with E-state index in [9.17, 15) is 20.2 Å². The highest BCUT2D eigenvalue weighted by molar-refractivity contribution is 5.51. The molecule has 0 spiro atoms. The zero-order chi connectivity index (χ0) is 26.8. The van der Waals surface area contributed by atoms with Crippen molar-refractivity contribution < 1.29 is 19.3 Å². The van der Waals surface area contributed by atoms with Crippen LogP contribution in [0.4, 0.5) is 0 Å². The summed E-state index contributed by atoms with van der Waals surface area (Å²) in [6.07, 6.45) is 0. The summed E-state index contributed by atoms with van der Waals surface area (Å²) in [5, 5.41) is 22.8. The van der Waals surface area contributed by atoms with Crippen molar-refractivity contribution in [3.8, 4) is 0 Å². The number of hydrogen-bond donors (Lipinski definition) is 0. The van der Waals surface area contributed by atoms with Crippen LogP contribution in [-0.4, -0.2) is 36.1 Å². The lowest BCUT2D eigenvalue weighted by molar-refractivity contribution is -0.488. The quantitative estimate of drug-likeness (QED) is 0.174. The summed E-state index contributed by atoms with van der Waals surface area (Å²) in [5.74, 6) is 0. The van der Waals surface area contributed by atoms with Gasteiger partial charge in [0.25, 0.3) is 0 Å². The summed E-state index contributed by atoms with van der Waals surface area (Å²) in [6.45, 7) is -1.32. The molecule has 0 saturated heterocycles. The summed E-state index contributed by atoms with van der Waals surface area (Å²) < 4.78 is 13.4. The van der Waals surface area contributed by atoms with Crippen LogP contribution in [0.5, 0.6) is 0 Å². The molecule has 0 aliphatic carbocycles. The zero-order valence-corrected chi connectivity index (χ0v) is 20.7. The summed E-state index contributed by atoms with van der Waals surface area (Å²) in [4.78, 5) is 22.0. The summed E-state index contributed by atoms with van der Waals surface area (Å²) in [5.41, 5.74) is -0.200. The highest BCUT2D eigenvalue weighted by Crippen LogP contribution is 2.54. The molecule has 0 fully saturated rings. The van der Waals surface area contributed by atoms with Crippen LogP contribution in [0.2, 0.25) is 0 Å². The average Bonchev–Trinajstić information content (AvgIpc) is 2.95. The predicted octanol–water partition coefficient (Wildman–Crippen LogP) is 5.46. The van der Waals surface area contributed by atoms with E-state index in [0.717, 1.165) is 0 Å². The molecular formula is C30H28N2O6. The average molecular weight is 513 g/mol. The Hall–Kier alpha value is -4.40. The van der Waals surface area contributed by atoms with Gasteiger partial charge in [-0.2, -0.15) is 0 Å². The minimum atomic E-state index is -1.47.